The van der Waals surface area contributed by atoms with Crippen LogP contribution in [0.4, 0.5) is 5.82 Å². The van der Waals surface area contributed by atoms with Gasteiger partial charge in [-0.25, -0.2) is 9.78 Å². The van der Waals surface area contributed by atoms with E-state index in [0.717, 1.165) is 10.9 Å². The number of benzene rings is 1. The lowest BCUT2D eigenvalue weighted by atomic mass is 10.1. The third-order valence-corrected chi connectivity index (χ3v) is 2.22. The predicted octanol–water partition coefficient (Wildman–Crippen LogP) is 1.99. The summed E-state index contributed by atoms with van der Waals surface area (Å²) in [5.41, 5.74) is 6.87. The highest BCUT2D eigenvalue weighted by Crippen LogP contribution is 2.16. The van der Waals surface area contributed by atoms with Crippen LogP contribution in [0.25, 0.3) is 10.9 Å². The molecule has 4 nitrogen and oxygen atoms in total. The van der Waals surface area contributed by atoms with E-state index in [1.165, 1.54) is 0 Å². The summed E-state index contributed by atoms with van der Waals surface area (Å²) in [6.07, 6.45) is 0. The Hall–Kier alpha value is -2.10. The molecule has 0 aliphatic carbocycles. The predicted molar refractivity (Wildman–Crippen MR) is 62.1 cm³/mol. The molecule has 0 spiro atoms. The maximum atomic E-state index is 11.5. The Morgan fingerprint density at radius 1 is 1.38 bits per heavy atom. The largest absolute Gasteiger partial charge is 0.462 e. The first-order valence-corrected chi connectivity index (χ1v) is 5.04. The van der Waals surface area contributed by atoms with Gasteiger partial charge < -0.3 is 10.5 Å². The molecule has 2 rings (SSSR count). The second-order valence-electron chi connectivity index (χ2n) is 3.36. The van der Waals surface area contributed by atoms with Gasteiger partial charge in [-0.2, -0.15) is 0 Å². The van der Waals surface area contributed by atoms with Crippen molar-refractivity contribution >= 4 is 22.7 Å². The summed E-state index contributed by atoms with van der Waals surface area (Å²) in [7, 11) is 0. The molecule has 2 aromatic rings. The average Bonchev–Trinajstić information content (AvgIpc) is 2.28. The standard InChI is InChI=1S/C12H12N2O2/c1-2-16-12(15)9-3-5-10-8(7-9)4-6-11(13)14-10/h3-7H,2H2,1H3,(H2,13,14). The molecule has 4 heteroatoms. The van der Waals surface area contributed by atoms with Crippen LogP contribution in [-0.2, 0) is 4.74 Å². The van der Waals surface area contributed by atoms with Crippen LogP contribution in [0.5, 0.6) is 0 Å². The Morgan fingerprint density at radius 3 is 2.94 bits per heavy atom. The van der Waals surface area contributed by atoms with Crippen molar-refractivity contribution in [2.24, 2.45) is 0 Å². The lowest BCUT2D eigenvalue weighted by Crippen LogP contribution is -2.04. The minimum absolute atomic E-state index is 0.318. The van der Waals surface area contributed by atoms with Crippen molar-refractivity contribution in [3.63, 3.8) is 0 Å². The van der Waals surface area contributed by atoms with Gasteiger partial charge in [-0.3, -0.25) is 0 Å². The van der Waals surface area contributed by atoms with Crippen molar-refractivity contribution in [1.82, 2.24) is 4.98 Å². The lowest BCUT2D eigenvalue weighted by molar-refractivity contribution is 0.0526. The highest BCUT2D eigenvalue weighted by atomic mass is 16.5. The zero-order valence-corrected chi connectivity index (χ0v) is 8.93. The summed E-state index contributed by atoms with van der Waals surface area (Å²) < 4.78 is 4.92. The van der Waals surface area contributed by atoms with E-state index in [0.29, 0.717) is 18.0 Å². The molecule has 2 N–H and O–H groups in total. The fourth-order valence-corrected chi connectivity index (χ4v) is 1.48. The zero-order valence-electron chi connectivity index (χ0n) is 8.93. The monoisotopic (exact) mass is 216 g/mol. The molecule has 1 aromatic heterocycles. The van der Waals surface area contributed by atoms with E-state index in [2.05, 4.69) is 4.98 Å². The Kier molecular flexibility index (Phi) is 2.72. The van der Waals surface area contributed by atoms with Crippen LogP contribution in [0.3, 0.4) is 0 Å². The Balaban J connectivity index is 2.44. The summed E-state index contributed by atoms with van der Waals surface area (Å²) in [5, 5.41) is 0.875. The van der Waals surface area contributed by atoms with Crippen molar-refractivity contribution in [1.29, 1.82) is 0 Å². The molecule has 0 saturated carbocycles. The number of nitrogens with zero attached hydrogens (tertiary/aromatic N) is 1. The SMILES string of the molecule is CCOC(=O)c1ccc2nc(N)ccc2c1. The highest BCUT2D eigenvalue weighted by molar-refractivity contribution is 5.94. The summed E-state index contributed by atoms with van der Waals surface area (Å²) in [5.74, 6) is 0.151. The number of ether oxygens (including phenoxy) is 1. The molecule has 1 aromatic carbocycles. The van der Waals surface area contributed by atoms with Gasteiger partial charge in [0, 0.05) is 5.39 Å². The van der Waals surface area contributed by atoms with Crippen molar-refractivity contribution in [2.45, 2.75) is 6.92 Å². The number of nitrogens with two attached hydrogens (primary N) is 1. The van der Waals surface area contributed by atoms with E-state index in [4.69, 9.17) is 10.5 Å². The van der Waals surface area contributed by atoms with Crippen molar-refractivity contribution < 1.29 is 9.53 Å². The summed E-state index contributed by atoms with van der Waals surface area (Å²) in [4.78, 5) is 15.6. The van der Waals surface area contributed by atoms with E-state index in [9.17, 15) is 4.79 Å². The molecule has 1 heterocycles. The van der Waals surface area contributed by atoms with E-state index >= 15 is 0 Å². The maximum absolute atomic E-state index is 11.5. The van der Waals surface area contributed by atoms with Crippen molar-refractivity contribution in [3.8, 4) is 0 Å². The molecule has 0 fully saturated rings. The first kappa shape index (κ1) is 10.4. The van der Waals surface area contributed by atoms with Gasteiger partial charge in [0.05, 0.1) is 17.7 Å². The first-order chi connectivity index (χ1) is 7.70. The first-order valence-electron chi connectivity index (χ1n) is 5.04. The Labute approximate surface area is 93.0 Å². The molecule has 0 aliphatic rings. The van der Waals surface area contributed by atoms with Gasteiger partial charge in [-0.15, -0.1) is 0 Å². The quantitative estimate of drug-likeness (QED) is 0.780. The number of hydrogen-bond donors (Lipinski definition) is 1. The number of pyridine rings is 1. The van der Waals surface area contributed by atoms with E-state index in [1.54, 1.807) is 31.2 Å². The van der Waals surface area contributed by atoms with Crippen LogP contribution in [0.1, 0.15) is 17.3 Å². The number of rotatable bonds is 2. The third-order valence-electron chi connectivity index (χ3n) is 2.22. The molecule has 16 heavy (non-hydrogen) atoms. The highest BCUT2D eigenvalue weighted by Gasteiger charge is 2.07. The van der Waals surface area contributed by atoms with Crippen LogP contribution in [0.2, 0.25) is 0 Å². The summed E-state index contributed by atoms with van der Waals surface area (Å²) >= 11 is 0. The molecule has 82 valence electrons. The molecule has 0 saturated heterocycles. The normalized spacial score (nSPS) is 10.3. The van der Waals surface area contributed by atoms with Crippen LogP contribution in [0, 0.1) is 0 Å². The van der Waals surface area contributed by atoms with Crippen molar-refractivity contribution in [3.05, 3.63) is 35.9 Å². The van der Waals surface area contributed by atoms with E-state index in [-0.39, 0.29) is 5.97 Å². The lowest BCUT2D eigenvalue weighted by Gasteiger charge is -2.03. The molecule has 0 bridgehead atoms. The smallest absolute Gasteiger partial charge is 0.338 e. The average molecular weight is 216 g/mol. The van der Waals surface area contributed by atoms with Gasteiger partial charge in [-0.1, -0.05) is 0 Å². The topological polar surface area (TPSA) is 65.2 Å². The van der Waals surface area contributed by atoms with E-state index < -0.39 is 0 Å². The van der Waals surface area contributed by atoms with Gasteiger partial charge in [0.2, 0.25) is 0 Å². The molecule has 0 radical (unpaired) electrons. The number of aromatic nitrogens is 1. The molecule has 0 atom stereocenters. The number of esters is 1. The zero-order chi connectivity index (χ0) is 11.5. The maximum Gasteiger partial charge on any atom is 0.338 e. The van der Waals surface area contributed by atoms with Gasteiger partial charge in [0.15, 0.2) is 0 Å². The fourth-order valence-electron chi connectivity index (χ4n) is 1.48. The van der Waals surface area contributed by atoms with Crippen molar-refractivity contribution in [2.75, 3.05) is 12.3 Å². The molecule has 0 aliphatic heterocycles. The molecule has 0 unspecified atom stereocenters. The third kappa shape index (κ3) is 1.95. The fraction of sp³-hybridized carbons (Fsp3) is 0.167. The second kappa shape index (κ2) is 4.18. The number of fused-ring (bicyclic) bond motifs is 1. The second-order valence-corrected chi connectivity index (χ2v) is 3.36. The van der Waals surface area contributed by atoms with Gasteiger partial charge in [-0.05, 0) is 37.3 Å². The number of carbonyl (C=O) groups excluding carboxylic acids is 1. The van der Waals surface area contributed by atoms with E-state index in [1.807, 2.05) is 6.07 Å². The van der Waals surface area contributed by atoms with Crippen LogP contribution < -0.4 is 5.73 Å². The number of anilines is 1. The molecule has 0 amide bonds. The summed E-state index contributed by atoms with van der Waals surface area (Å²) in [6.45, 7) is 2.15. The van der Waals surface area contributed by atoms with Gasteiger partial charge in [0.25, 0.3) is 0 Å². The minimum Gasteiger partial charge on any atom is -0.462 e. The van der Waals surface area contributed by atoms with Crippen LogP contribution >= 0.6 is 0 Å². The van der Waals surface area contributed by atoms with Crippen LogP contribution in [-0.4, -0.2) is 17.6 Å². The number of nitrogen functional groups attached to an aromatic ring is 1. The van der Waals surface area contributed by atoms with Crippen LogP contribution in [0.15, 0.2) is 30.3 Å². The minimum atomic E-state index is -0.318. The number of carbonyl (C=O) groups is 1. The number of hydrogen-bond acceptors (Lipinski definition) is 4. The summed E-state index contributed by atoms with van der Waals surface area (Å²) in [6, 6.07) is 8.74. The van der Waals surface area contributed by atoms with Gasteiger partial charge >= 0.3 is 5.97 Å². The molecular weight excluding hydrogens is 204 g/mol. The molecular formula is C12H12N2O2. The van der Waals surface area contributed by atoms with Gasteiger partial charge in [0.1, 0.15) is 5.82 Å². The Bertz CT molecular complexity index is 538. The Morgan fingerprint density at radius 2 is 2.19 bits per heavy atom.